The van der Waals surface area contributed by atoms with E-state index < -0.39 is 0 Å². The number of nitrogens with one attached hydrogen (secondary N) is 2. The van der Waals surface area contributed by atoms with Crippen LogP contribution < -0.4 is 10.2 Å². The minimum absolute atomic E-state index is 0.0992. The monoisotopic (exact) mass is 354 g/mol. The van der Waals surface area contributed by atoms with Crippen LogP contribution in [0.3, 0.4) is 0 Å². The fourth-order valence-corrected chi connectivity index (χ4v) is 2.72. The third-order valence-corrected chi connectivity index (χ3v) is 4.27. The zero-order chi connectivity index (χ0) is 17.6. The highest BCUT2D eigenvalue weighted by atomic mass is 32.2. The number of benzene rings is 1. The van der Waals surface area contributed by atoms with Crippen molar-refractivity contribution in [2.45, 2.75) is 5.16 Å². The van der Waals surface area contributed by atoms with Gasteiger partial charge >= 0.3 is 0 Å². The van der Waals surface area contributed by atoms with Crippen LogP contribution in [0.4, 0.5) is 11.4 Å². The minimum atomic E-state index is -0.0992. The van der Waals surface area contributed by atoms with Crippen molar-refractivity contribution in [2.75, 3.05) is 30.1 Å². The summed E-state index contributed by atoms with van der Waals surface area (Å²) in [7, 11) is 3.95. The van der Waals surface area contributed by atoms with Gasteiger partial charge in [0.25, 0.3) is 0 Å². The van der Waals surface area contributed by atoms with Crippen molar-refractivity contribution in [3.8, 4) is 11.4 Å². The summed E-state index contributed by atoms with van der Waals surface area (Å²) in [5.74, 6) is 0.797. The van der Waals surface area contributed by atoms with Crippen LogP contribution in [0.1, 0.15) is 0 Å². The quantitative estimate of drug-likeness (QED) is 0.662. The first-order valence-corrected chi connectivity index (χ1v) is 8.63. The summed E-state index contributed by atoms with van der Waals surface area (Å²) in [6.07, 6.45) is 3.39. The lowest BCUT2D eigenvalue weighted by atomic mass is 10.2. The molecule has 1 amide bonds. The van der Waals surface area contributed by atoms with Crippen LogP contribution in [0, 0.1) is 0 Å². The Balaban J connectivity index is 1.53. The number of nitrogens with zero attached hydrogens (tertiary/aromatic N) is 4. The molecule has 25 heavy (non-hydrogen) atoms. The lowest BCUT2D eigenvalue weighted by Gasteiger charge is -2.12. The Morgan fingerprint density at radius 2 is 1.88 bits per heavy atom. The Hall–Kier alpha value is -2.87. The summed E-state index contributed by atoms with van der Waals surface area (Å²) in [5.41, 5.74) is 2.75. The van der Waals surface area contributed by atoms with E-state index in [0.29, 0.717) is 11.0 Å². The number of hydrogen-bond acceptors (Lipinski definition) is 6. The molecule has 8 heteroatoms. The van der Waals surface area contributed by atoms with Gasteiger partial charge in [-0.25, -0.2) is 4.98 Å². The highest BCUT2D eigenvalue weighted by molar-refractivity contribution is 7.99. The van der Waals surface area contributed by atoms with Crippen molar-refractivity contribution in [2.24, 2.45) is 0 Å². The predicted octanol–water partition coefficient (Wildman–Crippen LogP) is 2.66. The predicted molar refractivity (Wildman–Crippen MR) is 99.7 cm³/mol. The number of hydrogen-bond donors (Lipinski definition) is 2. The summed E-state index contributed by atoms with van der Waals surface area (Å²) in [6.45, 7) is 0. The van der Waals surface area contributed by atoms with Gasteiger partial charge in [-0.1, -0.05) is 11.8 Å². The molecule has 0 aliphatic heterocycles. The van der Waals surface area contributed by atoms with Crippen molar-refractivity contribution >= 4 is 29.0 Å². The van der Waals surface area contributed by atoms with Crippen LogP contribution in [0.15, 0.2) is 53.9 Å². The highest BCUT2D eigenvalue weighted by Crippen LogP contribution is 2.19. The van der Waals surface area contributed by atoms with Gasteiger partial charge in [0.15, 0.2) is 5.82 Å². The van der Waals surface area contributed by atoms with Crippen LogP contribution in [0.5, 0.6) is 0 Å². The maximum Gasteiger partial charge on any atom is 0.234 e. The van der Waals surface area contributed by atoms with E-state index >= 15 is 0 Å². The van der Waals surface area contributed by atoms with E-state index in [1.807, 2.05) is 55.4 Å². The van der Waals surface area contributed by atoms with Crippen molar-refractivity contribution in [1.82, 2.24) is 20.2 Å². The van der Waals surface area contributed by atoms with Crippen LogP contribution in [-0.2, 0) is 4.79 Å². The lowest BCUT2D eigenvalue weighted by molar-refractivity contribution is -0.113. The summed E-state index contributed by atoms with van der Waals surface area (Å²) in [6, 6.07) is 11.4. The number of anilines is 2. The van der Waals surface area contributed by atoms with Gasteiger partial charge in [-0.3, -0.25) is 14.9 Å². The number of carbonyl (C=O) groups excluding carboxylic acids is 1. The Kier molecular flexibility index (Phi) is 5.30. The molecule has 0 aliphatic carbocycles. The molecule has 0 atom stereocenters. The topological polar surface area (TPSA) is 86.8 Å². The molecule has 0 bridgehead atoms. The number of amides is 1. The lowest BCUT2D eigenvalue weighted by Crippen LogP contribution is -2.14. The van der Waals surface area contributed by atoms with Crippen molar-refractivity contribution < 1.29 is 4.79 Å². The maximum atomic E-state index is 12.1. The van der Waals surface area contributed by atoms with E-state index in [0.717, 1.165) is 16.9 Å². The van der Waals surface area contributed by atoms with Crippen LogP contribution in [-0.4, -0.2) is 45.9 Å². The van der Waals surface area contributed by atoms with Crippen LogP contribution >= 0.6 is 11.8 Å². The van der Waals surface area contributed by atoms with Gasteiger partial charge < -0.3 is 10.2 Å². The van der Waals surface area contributed by atoms with E-state index in [2.05, 4.69) is 25.5 Å². The molecule has 0 fully saturated rings. The normalized spacial score (nSPS) is 10.5. The number of carbonyl (C=O) groups is 1. The van der Waals surface area contributed by atoms with Gasteiger partial charge in [-0.15, -0.1) is 5.10 Å². The Morgan fingerprint density at radius 3 is 2.56 bits per heavy atom. The number of H-pyrrole nitrogens is 1. The molecule has 3 rings (SSSR count). The van der Waals surface area contributed by atoms with Crippen LogP contribution in [0.2, 0.25) is 0 Å². The Morgan fingerprint density at radius 1 is 1.16 bits per heavy atom. The van der Waals surface area contributed by atoms with E-state index in [1.54, 1.807) is 12.4 Å². The van der Waals surface area contributed by atoms with E-state index in [-0.39, 0.29) is 11.7 Å². The molecule has 2 N–H and O–H groups in total. The fourth-order valence-electron chi connectivity index (χ4n) is 2.12. The van der Waals surface area contributed by atoms with Gasteiger partial charge in [-0.2, -0.15) is 0 Å². The first kappa shape index (κ1) is 17.0. The summed E-state index contributed by atoms with van der Waals surface area (Å²) >= 11 is 1.28. The number of rotatable bonds is 6. The number of pyridine rings is 1. The molecule has 128 valence electrons. The molecule has 0 saturated carbocycles. The molecule has 0 radical (unpaired) electrons. The number of thioether (sulfide) groups is 1. The SMILES string of the molecule is CN(C)c1ccc(NC(=O)CSc2n[nH]c(-c3ccncc3)n2)cc1. The van der Waals surface area contributed by atoms with Gasteiger partial charge in [-0.05, 0) is 36.4 Å². The molecule has 0 aliphatic rings. The average molecular weight is 354 g/mol. The molecule has 0 saturated heterocycles. The highest BCUT2D eigenvalue weighted by Gasteiger charge is 2.09. The third-order valence-electron chi connectivity index (χ3n) is 3.42. The second kappa shape index (κ2) is 7.80. The van der Waals surface area contributed by atoms with Crippen molar-refractivity contribution in [1.29, 1.82) is 0 Å². The third kappa shape index (κ3) is 4.57. The summed E-state index contributed by atoms with van der Waals surface area (Å²) in [5, 5.41) is 10.4. The maximum absolute atomic E-state index is 12.1. The first-order chi connectivity index (χ1) is 12.1. The molecule has 2 aromatic heterocycles. The molecule has 0 spiro atoms. The summed E-state index contributed by atoms with van der Waals surface area (Å²) in [4.78, 5) is 22.4. The molecular weight excluding hydrogens is 336 g/mol. The zero-order valence-corrected chi connectivity index (χ0v) is 14.7. The second-order valence-corrected chi connectivity index (χ2v) is 6.42. The van der Waals surface area contributed by atoms with E-state index in [4.69, 9.17) is 0 Å². The van der Waals surface area contributed by atoms with Crippen LogP contribution in [0.25, 0.3) is 11.4 Å². The molecule has 7 nitrogen and oxygen atoms in total. The standard InChI is InChI=1S/C17H18N6OS/c1-23(2)14-5-3-13(4-6-14)19-15(24)11-25-17-20-16(21-22-17)12-7-9-18-10-8-12/h3-10H,11H2,1-2H3,(H,19,24)(H,20,21,22). The minimum Gasteiger partial charge on any atom is -0.378 e. The van der Waals surface area contributed by atoms with Gasteiger partial charge in [0.2, 0.25) is 11.1 Å². The molecule has 1 aromatic carbocycles. The van der Waals surface area contributed by atoms with Gasteiger partial charge in [0.05, 0.1) is 5.75 Å². The molecular formula is C17H18N6OS. The largest absolute Gasteiger partial charge is 0.378 e. The number of aromatic nitrogens is 4. The van der Waals surface area contributed by atoms with Crippen molar-refractivity contribution in [3.63, 3.8) is 0 Å². The average Bonchev–Trinajstić information content (AvgIpc) is 3.10. The molecule has 0 unspecified atom stereocenters. The Labute approximate surface area is 149 Å². The van der Waals surface area contributed by atoms with E-state index in [1.165, 1.54) is 11.8 Å². The van der Waals surface area contributed by atoms with Gasteiger partial charge in [0, 0.05) is 43.4 Å². The van der Waals surface area contributed by atoms with Crippen molar-refractivity contribution in [3.05, 3.63) is 48.8 Å². The molecule has 2 heterocycles. The Bertz CT molecular complexity index is 832. The molecule has 3 aromatic rings. The van der Waals surface area contributed by atoms with Gasteiger partial charge in [0.1, 0.15) is 0 Å². The summed E-state index contributed by atoms with van der Waals surface area (Å²) < 4.78 is 0. The second-order valence-electron chi connectivity index (χ2n) is 5.48. The fraction of sp³-hybridized carbons (Fsp3) is 0.176. The number of aromatic amines is 1. The first-order valence-electron chi connectivity index (χ1n) is 7.64. The van der Waals surface area contributed by atoms with E-state index in [9.17, 15) is 4.79 Å². The zero-order valence-electron chi connectivity index (χ0n) is 13.9. The smallest absolute Gasteiger partial charge is 0.234 e.